The first-order valence-electron chi connectivity index (χ1n) is 9.09. The van der Waals surface area contributed by atoms with Crippen LogP contribution in [-0.4, -0.2) is 23.4 Å². The molecule has 2 aromatic rings. The van der Waals surface area contributed by atoms with E-state index in [1.165, 1.54) is 11.0 Å². The van der Waals surface area contributed by atoms with Crippen LogP contribution >= 0.6 is 11.6 Å². The fourth-order valence-corrected chi connectivity index (χ4v) is 3.58. The third-order valence-electron chi connectivity index (χ3n) is 4.88. The van der Waals surface area contributed by atoms with Crippen molar-refractivity contribution in [3.05, 3.63) is 81.8 Å². The molecule has 1 aliphatic rings. The van der Waals surface area contributed by atoms with Crippen LogP contribution in [0.3, 0.4) is 0 Å². The molecule has 1 amide bonds. The molecule has 1 heterocycles. The molecule has 1 atom stereocenters. The van der Waals surface area contributed by atoms with E-state index in [0.717, 1.165) is 5.56 Å². The number of carbonyl (C=O) groups excluding carboxylic acids is 2. The Morgan fingerprint density at radius 1 is 1.21 bits per heavy atom. The molecule has 1 unspecified atom stereocenters. The minimum atomic E-state index is -0.467. The van der Waals surface area contributed by atoms with Gasteiger partial charge in [0.1, 0.15) is 5.82 Å². The maximum Gasteiger partial charge on any atom is 0.336 e. The Bertz CT molecular complexity index is 924. The third-order valence-corrected chi connectivity index (χ3v) is 5.13. The maximum atomic E-state index is 14.1. The van der Waals surface area contributed by atoms with Crippen molar-refractivity contribution in [3.8, 4) is 0 Å². The molecular weight excluding hydrogens is 381 g/mol. The molecule has 2 aromatic carbocycles. The Kier molecular flexibility index (Phi) is 6.15. The van der Waals surface area contributed by atoms with Crippen LogP contribution in [0.2, 0.25) is 5.02 Å². The quantitative estimate of drug-likeness (QED) is 0.674. The van der Waals surface area contributed by atoms with Crippen molar-refractivity contribution in [2.24, 2.45) is 0 Å². The number of hydrogen-bond donors (Lipinski definition) is 0. The first-order chi connectivity index (χ1) is 13.4. The lowest BCUT2D eigenvalue weighted by Gasteiger charge is -2.34. The van der Waals surface area contributed by atoms with Crippen molar-refractivity contribution in [1.82, 2.24) is 4.90 Å². The molecular formula is C22H21ClFNO3. The van der Waals surface area contributed by atoms with Gasteiger partial charge in [-0.15, -0.1) is 0 Å². The predicted octanol–water partition coefficient (Wildman–Crippen LogP) is 4.83. The van der Waals surface area contributed by atoms with Gasteiger partial charge in [-0.3, -0.25) is 4.79 Å². The zero-order valence-corrected chi connectivity index (χ0v) is 16.5. The summed E-state index contributed by atoms with van der Waals surface area (Å²) in [6.07, 6.45) is 0.0988. The molecule has 0 spiro atoms. The first-order valence-corrected chi connectivity index (χ1v) is 9.47. The van der Waals surface area contributed by atoms with E-state index in [1.807, 2.05) is 0 Å². The normalized spacial score (nSPS) is 17.1. The van der Waals surface area contributed by atoms with Gasteiger partial charge >= 0.3 is 5.97 Å². The second-order valence-corrected chi connectivity index (χ2v) is 7.04. The summed E-state index contributed by atoms with van der Waals surface area (Å²) in [4.78, 5) is 27.1. The number of amides is 1. The fourth-order valence-electron chi connectivity index (χ4n) is 3.45. The van der Waals surface area contributed by atoms with E-state index in [0.29, 0.717) is 21.9 Å². The van der Waals surface area contributed by atoms with E-state index in [1.54, 1.807) is 56.3 Å². The number of allylic oxidation sites excluding steroid dienone is 1. The molecule has 0 N–H and O–H groups in total. The Labute approximate surface area is 168 Å². The van der Waals surface area contributed by atoms with Gasteiger partial charge in [0.05, 0.1) is 18.7 Å². The SMILES string of the molecule is CCOC(=O)C1=C(C)N(Cc2ccccc2F)C(=O)CC1c1ccc(Cl)cc1. The van der Waals surface area contributed by atoms with Crippen LogP contribution in [0.5, 0.6) is 0 Å². The average Bonchev–Trinajstić information content (AvgIpc) is 2.66. The molecule has 146 valence electrons. The van der Waals surface area contributed by atoms with Crippen LogP contribution < -0.4 is 0 Å². The molecule has 0 bridgehead atoms. The largest absolute Gasteiger partial charge is 0.463 e. The van der Waals surface area contributed by atoms with Crippen molar-refractivity contribution < 1.29 is 18.7 Å². The first kappa shape index (κ1) is 20.1. The Morgan fingerprint density at radius 2 is 1.89 bits per heavy atom. The molecule has 3 rings (SSSR count). The third kappa shape index (κ3) is 4.09. The molecule has 0 radical (unpaired) electrons. The zero-order valence-electron chi connectivity index (χ0n) is 15.7. The van der Waals surface area contributed by atoms with E-state index in [-0.39, 0.29) is 31.3 Å². The number of nitrogens with zero attached hydrogens (tertiary/aromatic N) is 1. The Morgan fingerprint density at radius 3 is 2.54 bits per heavy atom. The van der Waals surface area contributed by atoms with Gasteiger partial charge in [-0.05, 0) is 37.6 Å². The van der Waals surface area contributed by atoms with Crippen molar-refractivity contribution in [3.63, 3.8) is 0 Å². The summed E-state index contributed by atoms with van der Waals surface area (Å²) in [6, 6.07) is 13.4. The highest BCUT2D eigenvalue weighted by Gasteiger charge is 2.37. The van der Waals surface area contributed by atoms with Crippen LogP contribution in [0.1, 0.15) is 37.3 Å². The number of hydrogen-bond acceptors (Lipinski definition) is 3. The molecule has 0 aliphatic carbocycles. The number of ether oxygens (including phenoxy) is 1. The lowest BCUT2D eigenvalue weighted by atomic mass is 9.83. The monoisotopic (exact) mass is 401 g/mol. The maximum absolute atomic E-state index is 14.1. The fraction of sp³-hybridized carbons (Fsp3) is 0.273. The number of esters is 1. The summed E-state index contributed by atoms with van der Waals surface area (Å²) >= 11 is 5.97. The summed E-state index contributed by atoms with van der Waals surface area (Å²) in [7, 11) is 0. The molecule has 0 aromatic heterocycles. The lowest BCUT2D eigenvalue weighted by Crippen LogP contribution is -2.38. The number of benzene rings is 2. The van der Waals surface area contributed by atoms with Crippen molar-refractivity contribution in [2.75, 3.05) is 6.61 Å². The van der Waals surface area contributed by atoms with Crippen molar-refractivity contribution in [1.29, 1.82) is 0 Å². The summed E-state index contributed by atoms with van der Waals surface area (Å²) < 4.78 is 19.3. The van der Waals surface area contributed by atoms with Crippen LogP contribution in [0.25, 0.3) is 0 Å². The van der Waals surface area contributed by atoms with E-state index in [9.17, 15) is 14.0 Å². The second kappa shape index (κ2) is 8.57. The van der Waals surface area contributed by atoms with Crippen LogP contribution in [0.4, 0.5) is 4.39 Å². The van der Waals surface area contributed by atoms with Gasteiger partial charge in [0.15, 0.2) is 0 Å². The van der Waals surface area contributed by atoms with Gasteiger partial charge in [-0.25, -0.2) is 9.18 Å². The number of halogens is 2. The van der Waals surface area contributed by atoms with Gasteiger partial charge in [0.25, 0.3) is 0 Å². The molecule has 0 saturated heterocycles. The molecule has 1 aliphatic heterocycles. The highest BCUT2D eigenvalue weighted by molar-refractivity contribution is 6.30. The van der Waals surface area contributed by atoms with Gasteiger partial charge in [0.2, 0.25) is 5.91 Å². The molecule has 4 nitrogen and oxygen atoms in total. The Hall–Kier alpha value is -2.66. The van der Waals surface area contributed by atoms with Crippen LogP contribution in [0.15, 0.2) is 59.8 Å². The standard InChI is InChI=1S/C22H21ClFNO3/c1-3-28-22(27)21-14(2)25(13-16-6-4-5-7-19(16)24)20(26)12-18(21)15-8-10-17(23)11-9-15/h4-11,18H,3,12-13H2,1-2H3. The molecule has 6 heteroatoms. The predicted molar refractivity (Wildman–Crippen MR) is 105 cm³/mol. The van der Waals surface area contributed by atoms with E-state index >= 15 is 0 Å². The minimum Gasteiger partial charge on any atom is -0.463 e. The average molecular weight is 402 g/mol. The summed E-state index contributed by atoms with van der Waals surface area (Å²) in [5.74, 6) is -1.46. The topological polar surface area (TPSA) is 46.6 Å². The second-order valence-electron chi connectivity index (χ2n) is 6.60. The number of rotatable bonds is 5. The van der Waals surface area contributed by atoms with Gasteiger partial charge in [-0.1, -0.05) is 41.9 Å². The summed E-state index contributed by atoms with van der Waals surface area (Å²) in [6.45, 7) is 3.72. The minimum absolute atomic E-state index is 0.0631. The van der Waals surface area contributed by atoms with E-state index < -0.39 is 11.9 Å². The van der Waals surface area contributed by atoms with Gasteiger partial charge < -0.3 is 9.64 Å². The Balaban J connectivity index is 2.03. The van der Waals surface area contributed by atoms with Crippen LogP contribution in [0, 0.1) is 5.82 Å². The summed E-state index contributed by atoms with van der Waals surface area (Å²) in [5, 5.41) is 0.574. The van der Waals surface area contributed by atoms with Crippen molar-refractivity contribution >= 4 is 23.5 Å². The highest BCUT2D eigenvalue weighted by atomic mass is 35.5. The molecule has 28 heavy (non-hydrogen) atoms. The van der Waals surface area contributed by atoms with E-state index in [4.69, 9.17) is 16.3 Å². The van der Waals surface area contributed by atoms with E-state index in [2.05, 4.69) is 0 Å². The van der Waals surface area contributed by atoms with Crippen molar-refractivity contribution in [2.45, 2.75) is 32.7 Å². The van der Waals surface area contributed by atoms with Gasteiger partial charge in [-0.2, -0.15) is 0 Å². The smallest absolute Gasteiger partial charge is 0.336 e. The number of carbonyl (C=O) groups is 2. The zero-order chi connectivity index (χ0) is 20.3. The summed E-state index contributed by atoms with van der Waals surface area (Å²) in [5.41, 5.74) is 2.10. The molecule has 0 fully saturated rings. The van der Waals surface area contributed by atoms with Crippen LogP contribution in [-0.2, 0) is 20.9 Å². The highest BCUT2D eigenvalue weighted by Crippen LogP contribution is 2.38. The lowest BCUT2D eigenvalue weighted by molar-refractivity contribution is -0.140. The van der Waals surface area contributed by atoms with Gasteiger partial charge in [0, 0.05) is 28.6 Å². The molecule has 0 saturated carbocycles.